The van der Waals surface area contributed by atoms with Gasteiger partial charge in [-0.15, -0.1) is 0 Å². The van der Waals surface area contributed by atoms with Crippen molar-refractivity contribution in [1.82, 2.24) is 0 Å². The summed E-state index contributed by atoms with van der Waals surface area (Å²) in [4.78, 5) is 10.4. The number of hydrogen-bond acceptors (Lipinski definition) is 2. The first-order valence-corrected chi connectivity index (χ1v) is 3.94. The second-order valence-corrected chi connectivity index (χ2v) is 3.01. The lowest BCUT2D eigenvalue weighted by Crippen LogP contribution is -2.21. The van der Waals surface area contributed by atoms with E-state index in [0.717, 1.165) is 0 Å². The van der Waals surface area contributed by atoms with E-state index in [2.05, 4.69) is 0 Å². The summed E-state index contributed by atoms with van der Waals surface area (Å²) in [6.07, 6.45) is 0. The number of hydrogen-bond donors (Lipinski definition) is 2. The number of carboxylic acid groups (broad SMARTS) is 1. The van der Waals surface area contributed by atoms with Crippen molar-refractivity contribution in [2.45, 2.75) is 6.04 Å². The van der Waals surface area contributed by atoms with Gasteiger partial charge in [0.2, 0.25) is 0 Å². The molecule has 1 atom stereocenters. The van der Waals surface area contributed by atoms with Gasteiger partial charge in [0.1, 0.15) is 6.04 Å². The van der Waals surface area contributed by atoms with Gasteiger partial charge in [0.05, 0.1) is 0 Å². The molecule has 14 heavy (non-hydrogen) atoms. The van der Waals surface area contributed by atoms with Gasteiger partial charge in [-0.1, -0.05) is 11.6 Å². The van der Waals surface area contributed by atoms with E-state index >= 15 is 0 Å². The largest absolute Gasteiger partial charge is 0.480 e. The minimum atomic E-state index is -1.46. The predicted molar refractivity (Wildman–Crippen MR) is 45.9 cm³/mol. The zero-order valence-corrected chi connectivity index (χ0v) is 7.55. The highest BCUT2D eigenvalue weighted by atomic mass is 35.5. The van der Waals surface area contributed by atoms with Gasteiger partial charge in [-0.05, 0) is 12.1 Å². The Morgan fingerprint density at radius 3 is 2.43 bits per heavy atom. The van der Waals surface area contributed by atoms with E-state index in [1.807, 2.05) is 0 Å². The molecule has 0 aromatic heterocycles. The van der Waals surface area contributed by atoms with Gasteiger partial charge < -0.3 is 10.8 Å². The minimum Gasteiger partial charge on any atom is -0.480 e. The Labute approximate surface area is 83.1 Å². The van der Waals surface area contributed by atoms with Gasteiger partial charge in [0.25, 0.3) is 0 Å². The maximum absolute atomic E-state index is 12.7. The van der Waals surface area contributed by atoms with Gasteiger partial charge in [0, 0.05) is 10.6 Å². The molecule has 1 aromatic rings. The number of carboxylic acids is 1. The Morgan fingerprint density at radius 2 is 1.93 bits per heavy atom. The van der Waals surface area contributed by atoms with Crippen LogP contribution in [0.4, 0.5) is 8.78 Å². The van der Waals surface area contributed by atoms with Crippen molar-refractivity contribution in [1.29, 1.82) is 0 Å². The second kappa shape index (κ2) is 3.89. The molecule has 1 rings (SSSR count). The highest BCUT2D eigenvalue weighted by Gasteiger charge is 2.19. The Bertz CT molecular complexity index is 384. The van der Waals surface area contributed by atoms with E-state index in [4.69, 9.17) is 22.4 Å². The van der Waals surface area contributed by atoms with Crippen LogP contribution in [-0.4, -0.2) is 11.1 Å². The molecule has 0 saturated carbocycles. The molecule has 0 aliphatic carbocycles. The average Bonchev–Trinajstić information content (AvgIpc) is 2.10. The fraction of sp³-hybridized carbons (Fsp3) is 0.125. The molecule has 3 nitrogen and oxygen atoms in total. The average molecular weight is 222 g/mol. The number of carbonyl (C=O) groups is 1. The van der Waals surface area contributed by atoms with Crippen LogP contribution in [0.15, 0.2) is 12.1 Å². The third-order valence-electron chi connectivity index (χ3n) is 1.64. The summed E-state index contributed by atoms with van der Waals surface area (Å²) in [5, 5.41) is 8.31. The van der Waals surface area contributed by atoms with Crippen molar-refractivity contribution in [2.75, 3.05) is 0 Å². The molecule has 6 heteroatoms. The third-order valence-corrected chi connectivity index (χ3v) is 1.97. The molecule has 0 bridgehead atoms. The fourth-order valence-corrected chi connectivity index (χ4v) is 1.18. The number of nitrogens with two attached hydrogens (primary N) is 1. The van der Waals surface area contributed by atoms with Crippen LogP contribution in [0.5, 0.6) is 0 Å². The van der Waals surface area contributed by atoms with Crippen LogP contribution in [0, 0.1) is 11.6 Å². The normalized spacial score (nSPS) is 12.6. The fourth-order valence-electron chi connectivity index (χ4n) is 0.909. The molecule has 0 saturated heterocycles. The van der Waals surface area contributed by atoms with E-state index in [1.54, 1.807) is 0 Å². The highest BCUT2D eigenvalue weighted by molar-refractivity contribution is 6.31. The summed E-state index contributed by atoms with van der Waals surface area (Å²) < 4.78 is 25.3. The standard InChI is InChI=1S/C8H6ClF2NO2/c9-4-2-6(11)5(10)1-3(4)7(12)8(13)14/h1-2,7H,12H2,(H,13,14)/t7-/m0/s1. The Morgan fingerprint density at radius 1 is 1.43 bits per heavy atom. The molecule has 0 spiro atoms. The lowest BCUT2D eigenvalue weighted by atomic mass is 10.1. The molecule has 76 valence electrons. The first-order chi connectivity index (χ1) is 6.43. The summed E-state index contributed by atoms with van der Waals surface area (Å²) in [6.45, 7) is 0. The molecule has 1 aromatic carbocycles. The number of halogens is 3. The van der Waals surface area contributed by atoms with Crippen LogP contribution in [0.2, 0.25) is 5.02 Å². The number of rotatable bonds is 2. The zero-order valence-electron chi connectivity index (χ0n) is 6.80. The Hall–Kier alpha value is -1.20. The molecule has 0 fully saturated rings. The van der Waals surface area contributed by atoms with E-state index < -0.39 is 23.6 Å². The zero-order chi connectivity index (χ0) is 10.9. The molecule has 0 radical (unpaired) electrons. The summed E-state index contributed by atoms with van der Waals surface area (Å²) in [5.74, 6) is -3.68. The van der Waals surface area contributed by atoms with Gasteiger partial charge in [-0.25, -0.2) is 8.78 Å². The van der Waals surface area contributed by atoms with E-state index in [9.17, 15) is 13.6 Å². The van der Waals surface area contributed by atoms with Crippen molar-refractivity contribution in [3.8, 4) is 0 Å². The molecule has 0 aliphatic rings. The van der Waals surface area contributed by atoms with Crippen LogP contribution in [0.3, 0.4) is 0 Å². The molecule has 0 heterocycles. The molecule has 0 amide bonds. The topological polar surface area (TPSA) is 63.3 Å². The smallest absolute Gasteiger partial charge is 0.325 e. The van der Waals surface area contributed by atoms with Crippen molar-refractivity contribution in [3.05, 3.63) is 34.4 Å². The van der Waals surface area contributed by atoms with Crippen LogP contribution < -0.4 is 5.73 Å². The van der Waals surface area contributed by atoms with Crippen LogP contribution in [0.25, 0.3) is 0 Å². The lowest BCUT2D eigenvalue weighted by Gasteiger charge is -2.09. The van der Waals surface area contributed by atoms with Crippen molar-refractivity contribution in [3.63, 3.8) is 0 Å². The van der Waals surface area contributed by atoms with Gasteiger partial charge >= 0.3 is 5.97 Å². The molecule has 0 aliphatic heterocycles. The van der Waals surface area contributed by atoms with E-state index in [-0.39, 0.29) is 10.6 Å². The monoisotopic (exact) mass is 221 g/mol. The quantitative estimate of drug-likeness (QED) is 0.748. The third kappa shape index (κ3) is 2.00. The van der Waals surface area contributed by atoms with Crippen LogP contribution in [-0.2, 0) is 4.79 Å². The maximum atomic E-state index is 12.7. The predicted octanol–water partition coefficient (Wildman–Crippen LogP) is 1.70. The first kappa shape index (κ1) is 10.9. The van der Waals surface area contributed by atoms with Crippen LogP contribution >= 0.6 is 11.6 Å². The van der Waals surface area contributed by atoms with Crippen LogP contribution in [0.1, 0.15) is 11.6 Å². The van der Waals surface area contributed by atoms with Gasteiger partial charge in [0.15, 0.2) is 11.6 Å². The number of benzene rings is 1. The maximum Gasteiger partial charge on any atom is 0.325 e. The first-order valence-electron chi connectivity index (χ1n) is 3.56. The number of aliphatic carboxylic acids is 1. The van der Waals surface area contributed by atoms with Gasteiger partial charge in [-0.3, -0.25) is 4.79 Å². The Kier molecular flexibility index (Phi) is 3.03. The second-order valence-electron chi connectivity index (χ2n) is 2.60. The lowest BCUT2D eigenvalue weighted by molar-refractivity contribution is -0.138. The minimum absolute atomic E-state index is 0.155. The van der Waals surface area contributed by atoms with E-state index in [1.165, 1.54) is 0 Å². The molecular formula is C8H6ClF2NO2. The Balaban J connectivity index is 3.22. The summed E-state index contributed by atoms with van der Waals surface area (Å²) in [6, 6.07) is -0.0940. The molecule has 3 N–H and O–H groups in total. The van der Waals surface area contributed by atoms with Gasteiger partial charge in [-0.2, -0.15) is 0 Å². The summed E-state index contributed by atoms with van der Waals surface area (Å²) in [7, 11) is 0. The molecule has 0 unspecified atom stereocenters. The SMILES string of the molecule is N[C@H](C(=O)O)c1cc(F)c(F)cc1Cl. The van der Waals surface area contributed by atoms with Crippen molar-refractivity contribution < 1.29 is 18.7 Å². The van der Waals surface area contributed by atoms with Crippen molar-refractivity contribution in [2.24, 2.45) is 5.73 Å². The van der Waals surface area contributed by atoms with E-state index in [0.29, 0.717) is 12.1 Å². The highest BCUT2D eigenvalue weighted by Crippen LogP contribution is 2.24. The summed E-state index contributed by atoms with van der Waals surface area (Å²) >= 11 is 5.49. The van der Waals surface area contributed by atoms with Crippen molar-refractivity contribution >= 4 is 17.6 Å². The molecular weight excluding hydrogens is 216 g/mol. The summed E-state index contributed by atoms with van der Waals surface area (Å²) in [5.41, 5.74) is 5.03.